The van der Waals surface area contributed by atoms with Crippen LogP contribution in [0.5, 0.6) is 0 Å². The quantitative estimate of drug-likeness (QED) is 0.607. The molecule has 13 heavy (non-hydrogen) atoms. The first-order valence-corrected chi connectivity index (χ1v) is 4.91. The molecule has 1 aliphatic heterocycles. The second-order valence-electron chi connectivity index (χ2n) is 4.07. The Balaban J connectivity index is 2.71. The van der Waals surface area contributed by atoms with Crippen molar-refractivity contribution in [2.45, 2.75) is 39.3 Å². The third kappa shape index (κ3) is 2.02. The second kappa shape index (κ2) is 4.09. The Morgan fingerprint density at radius 3 is 2.62 bits per heavy atom. The summed E-state index contributed by atoms with van der Waals surface area (Å²) in [5.41, 5.74) is 0. The van der Waals surface area contributed by atoms with Gasteiger partial charge >= 0.3 is 5.97 Å². The van der Waals surface area contributed by atoms with E-state index in [1.54, 1.807) is 0 Å². The number of carbonyl (C=O) groups excluding carboxylic acids is 1. The number of carbonyl (C=O) groups is 1. The Morgan fingerprint density at radius 1 is 1.54 bits per heavy atom. The number of hydrogen-bond acceptors (Lipinski definition) is 3. The predicted molar refractivity (Wildman–Crippen MR) is 51.4 cm³/mol. The van der Waals surface area contributed by atoms with Crippen molar-refractivity contribution in [3.05, 3.63) is 0 Å². The Hall–Kier alpha value is -0.570. The third-order valence-corrected chi connectivity index (χ3v) is 2.84. The van der Waals surface area contributed by atoms with Gasteiger partial charge in [-0.15, -0.1) is 0 Å². The first-order valence-electron chi connectivity index (χ1n) is 4.91. The Bertz CT molecular complexity index is 191. The maximum absolute atomic E-state index is 11.5. The van der Waals surface area contributed by atoms with Crippen molar-refractivity contribution in [2.24, 2.45) is 5.92 Å². The van der Waals surface area contributed by atoms with Gasteiger partial charge in [0.15, 0.2) is 0 Å². The largest absolute Gasteiger partial charge is 0.468 e. The van der Waals surface area contributed by atoms with Gasteiger partial charge in [0.1, 0.15) is 6.04 Å². The molecule has 76 valence electrons. The molecule has 1 aliphatic rings. The van der Waals surface area contributed by atoms with Crippen LogP contribution >= 0.6 is 0 Å². The summed E-state index contributed by atoms with van der Waals surface area (Å²) in [6.07, 6.45) is 1.10. The third-order valence-electron chi connectivity index (χ3n) is 2.84. The van der Waals surface area contributed by atoms with Crippen LogP contribution in [-0.2, 0) is 9.53 Å². The average Bonchev–Trinajstić information content (AvgIpc) is 2.46. The maximum Gasteiger partial charge on any atom is 0.323 e. The number of nitrogens with zero attached hydrogens (tertiary/aromatic N) is 1. The monoisotopic (exact) mass is 185 g/mol. The van der Waals surface area contributed by atoms with Crippen LogP contribution in [-0.4, -0.2) is 36.6 Å². The summed E-state index contributed by atoms with van der Waals surface area (Å²) in [5, 5.41) is 0. The molecule has 0 aromatic rings. The van der Waals surface area contributed by atoms with Gasteiger partial charge < -0.3 is 4.74 Å². The molecule has 0 aromatic heterocycles. The predicted octanol–water partition coefficient (Wildman–Crippen LogP) is 1.28. The lowest BCUT2D eigenvalue weighted by Crippen LogP contribution is -2.43. The van der Waals surface area contributed by atoms with E-state index in [1.165, 1.54) is 7.11 Å². The van der Waals surface area contributed by atoms with Crippen LogP contribution in [0, 0.1) is 5.92 Å². The number of methoxy groups -OCH3 is 1. The van der Waals surface area contributed by atoms with E-state index in [9.17, 15) is 4.79 Å². The SMILES string of the molecule is COC(=O)[C@H]1[C@H](C)CCN1C(C)C. The summed E-state index contributed by atoms with van der Waals surface area (Å²) in [4.78, 5) is 13.7. The van der Waals surface area contributed by atoms with Crippen LogP contribution in [0.15, 0.2) is 0 Å². The van der Waals surface area contributed by atoms with Gasteiger partial charge in [-0.25, -0.2) is 0 Å². The van der Waals surface area contributed by atoms with Gasteiger partial charge in [0.2, 0.25) is 0 Å². The highest BCUT2D eigenvalue weighted by Gasteiger charge is 2.38. The maximum atomic E-state index is 11.5. The molecule has 1 rings (SSSR count). The molecule has 1 heterocycles. The lowest BCUT2D eigenvalue weighted by atomic mass is 10.0. The fraction of sp³-hybridized carbons (Fsp3) is 0.900. The highest BCUT2D eigenvalue weighted by Crippen LogP contribution is 2.26. The van der Waals surface area contributed by atoms with Gasteiger partial charge in [0.25, 0.3) is 0 Å². The minimum absolute atomic E-state index is 0.0231. The second-order valence-corrected chi connectivity index (χ2v) is 4.07. The van der Waals surface area contributed by atoms with Gasteiger partial charge in [-0.05, 0) is 32.7 Å². The fourth-order valence-electron chi connectivity index (χ4n) is 2.04. The number of ether oxygens (including phenoxy) is 1. The normalized spacial score (nSPS) is 29.6. The summed E-state index contributed by atoms with van der Waals surface area (Å²) in [5.74, 6) is 0.341. The van der Waals surface area contributed by atoms with E-state index in [0.29, 0.717) is 12.0 Å². The van der Waals surface area contributed by atoms with E-state index in [-0.39, 0.29) is 12.0 Å². The first-order chi connectivity index (χ1) is 6.07. The highest BCUT2D eigenvalue weighted by atomic mass is 16.5. The number of hydrogen-bond donors (Lipinski definition) is 0. The van der Waals surface area contributed by atoms with Gasteiger partial charge in [-0.3, -0.25) is 9.69 Å². The molecule has 1 fully saturated rings. The van der Waals surface area contributed by atoms with Gasteiger partial charge in [-0.2, -0.15) is 0 Å². The van der Waals surface area contributed by atoms with E-state index in [0.717, 1.165) is 13.0 Å². The van der Waals surface area contributed by atoms with E-state index >= 15 is 0 Å². The summed E-state index contributed by atoms with van der Waals surface area (Å²) in [7, 11) is 1.46. The van der Waals surface area contributed by atoms with Crippen molar-refractivity contribution in [1.29, 1.82) is 0 Å². The minimum atomic E-state index is -0.0845. The fourth-order valence-corrected chi connectivity index (χ4v) is 2.04. The molecule has 3 nitrogen and oxygen atoms in total. The minimum Gasteiger partial charge on any atom is -0.468 e. The molecular formula is C10H19NO2. The van der Waals surface area contributed by atoms with E-state index in [2.05, 4.69) is 25.7 Å². The Morgan fingerprint density at radius 2 is 2.15 bits per heavy atom. The number of rotatable bonds is 2. The highest BCUT2D eigenvalue weighted by molar-refractivity contribution is 5.76. The van der Waals surface area contributed by atoms with Crippen molar-refractivity contribution in [1.82, 2.24) is 4.90 Å². The molecule has 0 amide bonds. The van der Waals surface area contributed by atoms with E-state index in [4.69, 9.17) is 4.74 Å². The molecule has 0 aliphatic carbocycles. The molecule has 0 saturated carbocycles. The molecule has 3 heteroatoms. The topological polar surface area (TPSA) is 29.5 Å². The van der Waals surface area contributed by atoms with Crippen LogP contribution in [0.1, 0.15) is 27.2 Å². The van der Waals surface area contributed by atoms with Crippen LogP contribution in [0.2, 0.25) is 0 Å². The molecule has 1 saturated heterocycles. The lowest BCUT2D eigenvalue weighted by molar-refractivity contribution is -0.147. The zero-order valence-electron chi connectivity index (χ0n) is 8.91. The number of esters is 1. The molecule has 0 radical (unpaired) electrons. The number of likely N-dealkylation sites (tertiary alicyclic amines) is 1. The van der Waals surface area contributed by atoms with Crippen molar-refractivity contribution in [3.8, 4) is 0 Å². The molecule has 0 spiro atoms. The summed E-state index contributed by atoms with van der Waals surface area (Å²) in [6, 6.07) is 0.402. The molecule has 0 aromatic carbocycles. The average molecular weight is 185 g/mol. The van der Waals surface area contributed by atoms with E-state index < -0.39 is 0 Å². The van der Waals surface area contributed by atoms with Crippen molar-refractivity contribution < 1.29 is 9.53 Å². The van der Waals surface area contributed by atoms with Gasteiger partial charge in [-0.1, -0.05) is 6.92 Å². The van der Waals surface area contributed by atoms with Crippen LogP contribution in [0.3, 0.4) is 0 Å². The standard InChI is InChI=1S/C10H19NO2/c1-7(2)11-6-5-8(3)9(11)10(12)13-4/h7-9H,5-6H2,1-4H3/t8-,9-/m1/s1. The summed E-state index contributed by atoms with van der Waals surface area (Å²) < 4.78 is 4.80. The zero-order valence-corrected chi connectivity index (χ0v) is 8.91. The van der Waals surface area contributed by atoms with E-state index in [1.807, 2.05) is 0 Å². The summed E-state index contributed by atoms with van der Waals surface area (Å²) in [6.45, 7) is 7.37. The summed E-state index contributed by atoms with van der Waals surface area (Å²) >= 11 is 0. The van der Waals surface area contributed by atoms with Crippen LogP contribution < -0.4 is 0 Å². The van der Waals surface area contributed by atoms with Crippen molar-refractivity contribution in [3.63, 3.8) is 0 Å². The van der Waals surface area contributed by atoms with Crippen molar-refractivity contribution >= 4 is 5.97 Å². The van der Waals surface area contributed by atoms with Crippen molar-refractivity contribution in [2.75, 3.05) is 13.7 Å². The molecular weight excluding hydrogens is 166 g/mol. The molecule has 0 bridgehead atoms. The molecule has 0 unspecified atom stereocenters. The first kappa shape index (κ1) is 10.5. The van der Waals surface area contributed by atoms with Gasteiger partial charge in [0.05, 0.1) is 7.11 Å². The smallest absolute Gasteiger partial charge is 0.323 e. The Kier molecular flexibility index (Phi) is 3.31. The molecule has 2 atom stereocenters. The van der Waals surface area contributed by atoms with Crippen LogP contribution in [0.4, 0.5) is 0 Å². The molecule has 0 N–H and O–H groups in total. The zero-order chi connectivity index (χ0) is 10.0. The van der Waals surface area contributed by atoms with Crippen LogP contribution in [0.25, 0.3) is 0 Å². The Labute approximate surface area is 80.1 Å². The lowest BCUT2D eigenvalue weighted by Gasteiger charge is -2.27. The van der Waals surface area contributed by atoms with Gasteiger partial charge in [0, 0.05) is 6.04 Å².